The Bertz CT molecular complexity index is 590. The molecule has 0 radical (unpaired) electrons. The molecule has 1 fully saturated rings. The number of ketones is 1. The lowest BCUT2D eigenvalue weighted by molar-refractivity contribution is 0.0913. The van der Waals surface area contributed by atoms with E-state index in [1.807, 2.05) is 36.4 Å². The minimum absolute atomic E-state index is 0.149. The van der Waals surface area contributed by atoms with Crippen LogP contribution in [0.15, 0.2) is 51.6 Å². The van der Waals surface area contributed by atoms with Crippen molar-refractivity contribution < 1.29 is 9.21 Å². The number of halogens is 1. The molecule has 1 aromatic heterocycles. The van der Waals surface area contributed by atoms with Crippen LogP contribution in [0.3, 0.4) is 0 Å². The molecule has 3 nitrogen and oxygen atoms in total. The van der Waals surface area contributed by atoms with Crippen molar-refractivity contribution in [2.75, 3.05) is 6.54 Å². The number of hydrogen-bond donors (Lipinski definition) is 0. The second kappa shape index (κ2) is 5.94. The standard InChI is InChI=1S/C16H16BrNO2/c17-15-6-2-1-5-14(15)16(19)11-18(12-7-8-12)10-13-4-3-9-20-13/h1-6,9,12H,7-8,10-11H2. The summed E-state index contributed by atoms with van der Waals surface area (Å²) in [5.74, 6) is 1.06. The third-order valence-corrected chi connectivity index (χ3v) is 4.21. The van der Waals surface area contributed by atoms with Crippen molar-refractivity contribution in [3.05, 3.63) is 58.5 Å². The summed E-state index contributed by atoms with van der Waals surface area (Å²) in [6.07, 6.45) is 4.02. The average molecular weight is 334 g/mol. The average Bonchev–Trinajstić information content (AvgIpc) is 3.17. The molecule has 0 unspecified atom stereocenters. The van der Waals surface area contributed by atoms with Gasteiger partial charge in [-0.15, -0.1) is 0 Å². The van der Waals surface area contributed by atoms with Gasteiger partial charge < -0.3 is 4.42 Å². The number of hydrogen-bond acceptors (Lipinski definition) is 3. The SMILES string of the molecule is O=C(CN(Cc1ccco1)C1CC1)c1ccccc1Br. The summed E-state index contributed by atoms with van der Waals surface area (Å²) in [7, 11) is 0. The lowest BCUT2D eigenvalue weighted by atomic mass is 10.1. The third-order valence-electron chi connectivity index (χ3n) is 3.52. The van der Waals surface area contributed by atoms with Gasteiger partial charge in [-0.05, 0) is 31.0 Å². The Hall–Kier alpha value is -1.39. The van der Waals surface area contributed by atoms with E-state index in [4.69, 9.17) is 4.42 Å². The van der Waals surface area contributed by atoms with Gasteiger partial charge in [-0.3, -0.25) is 9.69 Å². The number of furan rings is 1. The highest BCUT2D eigenvalue weighted by atomic mass is 79.9. The van der Waals surface area contributed by atoms with E-state index in [-0.39, 0.29) is 5.78 Å². The molecule has 0 spiro atoms. The van der Waals surface area contributed by atoms with Crippen molar-refractivity contribution >= 4 is 21.7 Å². The van der Waals surface area contributed by atoms with Gasteiger partial charge in [0, 0.05) is 16.1 Å². The topological polar surface area (TPSA) is 33.5 Å². The first-order chi connectivity index (χ1) is 9.74. The summed E-state index contributed by atoms with van der Waals surface area (Å²) in [4.78, 5) is 14.6. The van der Waals surface area contributed by atoms with E-state index in [0.29, 0.717) is 19.1 Å². The molecule has 1 aromatic carbocycles. The fourth-order valence-corrected chi connectivity index (χ4v) is 2.82. The second-order valence-corrected chi connectivity index (χ2v) is 5.97. The van der Waals surface area contributed by atoms with Crippen LogP contribution in [0.1, 0.15) is 29.0 Å². The molecule has 2 aromatic rings. The van der Waals surface area contributed by atoms with Gasteiger partial charge in [-0.1, -0.05) is 34.1 Å². The second-order valence-electron chi connectivity index (χ2n) is 5.12. The fourth-order valence-electron chi connectivity index (χ4n) is 2.31. The molecule has 1 aliphatic rings. The molecular formula is C16H16BrNO2. The van der Waals surface area contributed by atoms with Crippen molar-refractivity contribution in [3.8, 4) is 0 Å². The summed E-state index contributed by atoms with van der Waals surface area (Å²) in [5.41, 5.74) is 0.748. The van der Waals surface area contributed by atoms with Gasteiger partial charge in [0.1, 0.15) is 5.76 Å². The number of rotatable bonds is 6. The Balaban J connectivity index is 1.70. The van der Waals surface area contributed by atoms with E-state index in [1.54, 1.807) is 6.26 Å². The molecule has 1 aliphatic carbocycles. The summed E-state index contributed by atoms with van der Waals surface area (Å²) >= 11 is 3.44. The highest BCUT2D eigenvalue weighted by molar-refractivity contribution is 9.10. The molecule has 0 bridgehead atoms. The monoisotopic (exact) mass is 333 g/mol. The molecule has 4 heteroatoms. The summed E-state index contributed by atoms with van der Waals surface area (Å²) in [6.45, 7) is 1.14. The molecule has 0 amide bonds. The molecule has 0 N–H and O–H groups in total. The van der Waals surface area contributed by atoms with Crippen molar-refractivity contribution in [1.29, 1.82) is 0 Å². The van der Waals surface area contributed by atoms with Gasteiger partial charge in [0.05, 0.1) is 19.4 Å². The van der Waals surface area contributed by atoms with Gasteiger partial charge >= 0.3 is 0 Å². The maximum atomic E-state index is 12.4. The molecule has 20 heavy (non-hydrogen) atoms. The number of Topliss-reactive ketones (excluding diaryl/α,β-unsaturated/α-hetero) is 1. The van der Waals surface area contributed by atoms with Crippen LogP contribution in [0.2, 0.25) is 0 Å². The van der Waals surface area contributed by atoms with Crippen molar-refractivity contribution in [3.63, 3.8) is 0 Å². The van der Waals surface area contributed by atoms with Crippen LogP contribution in [0.4, 0.5) is 0 Å². The zero-order valence-corrected chi connectivity index (χ0v) is 12.7. The minimum atomic E-state index is 0.149. The summed E-state index contributed by atoms with van der Waals surface area (Å²) in [5, 5.41) is 0. The molecule has 0 atom stereocenters. The Labute approximate surface area is 126 Å². The first-order valence-corrected chi connectivity index (χ1v) is 7.57. The van der Waals surface area contributed by atoms with Gasteiger partial charge in [-0.25, -0.2) is 0 Å². The van der Waals surface area contributed by atoms with E-state index >= 15 is 0 Å². The smallest absolute Gasteiger partial charge is 0.177 e. The van der Waals surface area contributed by atoms with Gasteiger partial charge in [-0.2, -0.15) is 0 Å². The minimum Gasteiger partial charge on any atom is -0.468 e. The van der Waals surface area contributed by atoms with Crippen LogP contribution in [0, 0.1) is 0 Å². The number of benzene rings is 1. The van der Waals surface area contributed by atoms with E-state index in [9.17, 15) is 4.79 Å². The first-order valence-electron chi connectivity index (χ1n) is 6.78. The van der Waals surface area contributed by atoms with E-state index < -0.39 is 0 Å². The molecule has 1 heterocycles. The molecule has 104 valence electrons. The van der Waals surface area contributed by atoms with Crippen LogP contribution in [0.25, 0.3) is 0 Å². The van der Waals surface area contributed by atoms with Crippen LogP contribution in [0.5, 0.6) is 0 Å². The summed E-state index contributed by atoms with van der Waals surface area (Å²) < 4.78 is 6.25. The van der Waals surface area contributed by atoms with Gasteiger partial charge in [0.25, 0.3) is 0 Å². The van der Waals surface area contributed by atoms with E-state index in [1.165, 1.54) is 12.8 Å². The third kappa shape index (κ3) is 3.19. The molecule has 0 aliphatic heterocycles. The zero-order valence-electron chi connectivity index (χ0n) is 11.1. The predicted molar refractivity (Wildman–Crippen MR) is 80.6 cm³/mol. The highest BCUT2D eigenvalue weighted by Gasteiger charge is 2.31. The van der Waals surface area contributed by atoms with Crippen LogP contribution in [-0.2, 0) is 6.54 Å². The number of carbonyl (C=O) groups is 1. The molecule has 0 saturated heterocycles. The quantitative estimate of drug-likeness (QED) is 0.752. The molecular weight excluding hydrogens is 318 g/mol. The number of nitrogens with zero attached hydrogens (tertiary/aromatic N) is 1. The molecule has 1 saturated carbocycles. The van der Waals surface area contributed by atoms with Crippen LogP contribution in [-0.4, -0.2) is 23.3 Å². The predicted octanol–water partition coefficient (Wildman–Crippen LogP) is 3.89. The fraction of sp³-hybridized carbons (Fsp3) is 0.312. The Morgan fingerprint density at radius 2 is 2.05 bits per heavy atom. The van der Waals surface area contributed by atoms with Crippen molar-refractivity contribution in [2.45, 2.75) is 25.4 Å². The van der Waals surface area contributed by atoms with Crippen LogP contribution < -0.4 is 0 Å². The highest BCUT2D eigenvalue weighted by Crippen LogP contribution is 2.29. The normalized spacial score (nSPS) is 14.7. The lowest BCUT2D eigenvalue weighted by Gasteiger charge is -2.20. The van der Waals surface area contributed by atoms with Crippen molar-refractivity contribution in [1.82, 2.24) is 4.90 Å². The first kappa shape index (κ1) is 13.6. The van der Waals surface area contributed by atoms with Crippen LogP contribution >= 0.6 is 15.9 Å². The number of carbonyl (C=O) groups excluding carboxylic acids is 1. The van der Waals surface area contributed by atoms with Crippen molar-refractivity contribution in [2.24, 2.45) is 0 Å². The lowest BCUT2D eigenvalue weighted by Crippen LogP contribution is -2.31. The largest absolute Gasteiger partial charge is 0.468 e. The van der Waals surface area contributed by atoms with E-state index in [2.05, 4.69) is 20.8 Å². The molecule has 3 rings (SSSR count). The Kier molecular flexibility index (Phi) is 4.03. The zero-order chi connectivity index (χ0) is 13.9. The Morgan fingerprint density at radius 3 is 2.70 bits per heavy atom. The summed E-state index contributed by atoms with van der Waals surface area (Å²) in [6, 6.07) is 11.9. The Morgan fingerprint density at radius 1 is 1.25 bits per heavy atom. The van der Waals surface area contributed by atoms with Gasteiger partial charge in [0.15, 0.2) is 5.78 Å². The van der Waals surface area contributed by atoms with E-state index in [0.717, 1.165) is 15.8 Å². The maximum absolute atomic E-state index is 12.4. The maximum Gasteiger partial charge on any atom is 0.177 e. The van der Waals surface area contributed by atoms with Gasteiger partial charge in [0.2, 0.25) is 0 Å².